The Kier molecular flexibility index (Phi) is 6.16. The van der Waals surface area contributed by atoms with Crippen molar-refractivity contribution in [3.05, 3.63) is 16.4 Å². The minimum absolute atomic E-state index is 0.247. The number of nitrogens with zero attached hydrogens (tertiary/aromatic N) is 2. The fourth-order valence-electron chi connectivity index (χ4n) is 2.52. The maximum absolute atomic E-state index is 12.4. The van der Waals surface area contributed by atoms with Gasteiger partial charge < -0.3 is 4.42 Å². The van der Waals surface area contributed by atoms with Crippen LogP contribution in [0, 0.1) is 0 Å². The summed E-state index contributed by atoms with van der Waals surface area (Å²) in [5.74, 6) is -0.670. The Hall–Kier alpha value is -0.990. The van der Waals surface area contributed by atoms with Crippen LogP contribution in [0.3, 0.4) is 0 Å². The summed E-state index contributed by atoms with van der Waals surface area (Å²) in [5, 5.41) is 4.02. The van der Waals surface area contributed by atoms with Crippen LogP contribution in [-0.2, 0) is 29.1 Å². The normalized spacial score (nSPS) is 16.7. The minimum Gasteiger partial charge on any atom is -0.391 e. The van der Waals surface area contributed by atoms with Gasteiger partial charge >= 0.3 is 13.5 Å². The van der Waals surface area contributed by atoms with E-state index in [1.165, 1.54) is 6.42 Å². The van der Waals surface area contributed by atoms with E-state index in [2.05, 4.69) is 31.1 Å². The van der Waals surface area contributed by atoms with Crippen molar-refractivity contribution in [3.63, 3.8) is 0 Å². The van der Waals surface area contributed by atoms with E-state index in [0.29, 0.717) is 4.45 Å². The number of aromatic nitrogens is 2. The van der Waals surface area contributed by atoms with E-state index in [0.717, 1.165) is 52.7 Å². The molecule has 9 nitrogen and oxygen atoms in total. The number of unbranched alkanes of at least 4 members (excludes halogenated alkanes) is 3. The molecular weight excluding hydrogens is 327 g/mol. The summed E-state index contributed by atoms with van der Waals surface area (Å²) in [7, 11) is -1.95. The molecular formula is C13H23N2O7P. The number of hydrogen-bond donors (Lipinski definition) is 0. The van der Waals surface area contributed by atoms with Gasteiger partial charge in [-0.3, -0.25) is 0 Å². The minimum atomic E-state index is -4.21. The van der Waals surface area contributed by atoms with Crippen LogP contribution in [0.5, 0.6) is 0 Å². The molecule has 1 aliphatic rings. The summed E-state index contributed by atoms with van der Waals surface area (Å²) in [6.45, 7) is 2.15. The molecule has 0 aromatic carbocycles. The highest BCUT2D eigenvalue weighted by Gasteiger charge is 2.50. The zero-order chi connectivity index (χ0) is 16.9. The van der Waals surface area contributed by atoms with Crippen molar-refractivity contribution in [2.24, 2.45) is 0 Å². The Morgan fingerprint density at radius 3 is 2.39 bits per heavy atom. The van der Waals surface area contributed by atoms with Crippen LogP contribution in [0.15, 0.2) is 9.21 Å². The monoisotopic (exact) mass is 350 g/mol. The van der Waals surface area contributed by atoms with Gasteiger partial charge in [0.05, 0.1) is 14.2 Å². The molecule has 23 heavy (non-hydrogen) atoms. The third-order valence-electron chi connectivity index (χ3n) is 3.92. The molecule has 0 atom stereocenters. The molecule has 2 rings (SSSR count). The van der Waals surface area contributed by atoms with Crippen LogP contribution in [0.1, 0.15) is 57.8 Å². The fraction of sp³-hybridized carbons (Fsp3) is 0.846. The number of hydrogen-bond acceptors (Lipinski definition) is 8. The summed E-state index contributed by atoms with van der Waals surface area (Å²) in [6.07, 6.45) is 7.15. The lowest BCUT2D eigenvalue weighted by molar-refractivity contribution is -0.245. The molecule has 1 aliphatic carbocycles. The molecule has 0 aliphatic heterocycles. The predicted molar refractivity (Wildman–Crippen MR) is 79.6 cm³/mol. The predicted octanol–water partition coefficient (Wildman–Crippen LogP) is 2.95. The molecule has 1 aromatic heterocycles. The fourth-order valence-corrected chi connectivity index (χ4v) is 3.48. The van der Waals surface area contributed by atoms with Gasteiger partial charge in [0, 0.05) is 5.41 Å². The van der Waals surface area contributed by atoms with Crippen LogP contribution >= 0.6 is 7.75 Å². The standard InChI is InChI=1S/C13H23N2O7P/c1-4-5-6-7-8-13(9-10-13)11-14-15(12(16)20-11)23(17,21-18-2)22-19-3/h4-10H2,1-3H3. The second kappa shape index (κ2) is 7.72. The second-order valence-corrected chi connectivity index (χ2v) is 7.22. The van der Waals surface area contributed by atoms with E-state index in [1.54, 1.807) is 0 Å². The first-order valence-corrected chi connectivity index (χ1v) is 9.17. The molecule has 1 heterocycles. The topological polar surface area (TPSA) is 102 Å². The maximum atomic E-state index is 12.4. The number of rotatable bonds is 11. The summed E-state index contributed by atoms with van der Waals surface area (Å²) in [6, 6.07) is 0. The Morgan fingerprint density at radius 1 is 1.22 bits per heavy atom. The van der Waals surface area contributed by atoms with Gasteiger partial charge in [0.15, 0.2) is 0 Å². The average Bonchev–Trinajstić information content (AvgIpc) is 3.19. The molecule has 0 spiro atoms. The van der Waals surface area contributed by atoms with E-state index < -0.39 is 13.5 Å². The Bertz CT molecular complexity index is 598. The smallest absolute Gasteiger partial charge is 0.391 e. The van der Waals surface area contributed by atoms with Crippen LogP contribution in [0.2, 0.25) is 0 Å². The highest BCUT2D eigenvalue weighted by Crippen LogP contribution is 2.53. The average molecular weight is 350 g/mol. The first-order valence-electron chi connectivity index (χ1n) is 7.67. The molecule has 132 valence electrons. The van der Waals surface area contributed by atoms with Crippen molar-refractivity contribution in [2.75, 3.05) is 14.2 Å². The molecule has 0 bridgehead atoms. The van der Waals surface area contributed by atoms with Crippen LogP contribution in [0.25, 0.3) is 0 Å². The van der Waals surface area contributed by atoms with Crippen molar-refractivity contribution in [2.45, 2.75) is 57.3 Å². The molecule has 1 fully saturated rings. The van der Waals surface area contributed by atoms with Crippen LogP contribution in [-0.4, -0.2) is 23.8 Å². The van der Waals surface area contributed by atoms with Gasteiger partial charge in [0.2, 0.25) is 5.89 Å². The van der Waals surface area contributed by atoms with Crippen molar-refractivity contribution < 1.29 is 28.1 Å². The zero-order valence-electron chi connectivity index (χ0n) is 13.6. The van der Waals surface area contributed by atoms with Crippen molar-refractivity contribution >= 4 is 7.75 Å². The quantitative estimate of drug-likeness (QED) is 0.260. The molecule has 0 saturated heterocycles. The van der Waals surface area contributed by atoms with E-state index >= 15 is 0 Å². The maximum Gasteiger partial charge on any atom is 0.515 e. The molecule has 1 saturated carbocycles. The van der Waals surface area contributed by atoms with Gasteiger partial charge in [0.25, 0.3) is 0 Å². The third-order valence-corrected chi connectivity index (χ3v) is 5.31. The summed E-state index contributed by atoms with van der Waals surface area (Å²) >= 11 is 0. The van der Waals surface area contributed by atoms with Crippen molar-refractivity contribution in [1.82, 2.24) is 9.55 Å². The van der Waals surface area contributed by atoms with Crippen LogP contribution < -0.4 is 5.76 Å². The largest absolute Gasteiger partial charge is 0.515 e. The molecule has 0 radical (unpaired) electrons. The summed E-state index contributed by atoms with van der Waals surface area (Å²) < 4.78 is 27.2. The second-order valence-electron chi connectivity index (χ2n) is 5.60. The molecule has 0 unspecified atom stereocenters. The van der Waals surface area contributed by atoms with E-state index in [4.69, 9.17) is 4.42 Å². The highest BCUT2D eigenvalue weighted by atomic mass is 31.2. The Morgan fingerprint density at radius 2 is 1.87 bits per heavy atom. The van der Waals surface area contributed by atoms with Gasteiger partial charge in [-0.15, -0.1) is 14.4 Å². The first kappa shape index (κ1) is 18.4. The zero-order valence-corrected chi connectivity index (χ0v) is 14.5. The molecule has 0 N–H and O–H groups in total. The van der Waals surface area contributed by atoms with E-state index in [-0.39, 0.29) is 11.3 Å². The molecule has 10 heteroatoms. The van der Waals surface area contributed by atoms with Gasteiger partial charge in [-0.25, -0.2) is 19.1 Å². The lowest BCUT2D eigenvalue weighted by Crippen LogP contribution is -2.17. The van der Waals surface area contributed by atoms with Gasteiger partial charge in [-0.05, 0) is 19.3 Å². The Balaban J connectivity index is 2.17. The highest BCUT2D eigenvalue weighted by molar-refractivity contribution is 7.51. The van der Waals surface area contributed by atoms with E-state index in [9.17, 15) is 9.36 Å². The summed E-state index contributed by atoms with van der Waals surface area (Å²) in [5.41, 5.74) is -0.247. The van der Waals surface area contributed by atoms with Crippen molar-refractivity contribution in [1.29, 1.82) is 0 Å². The van der Waals surface area contributed by atoms with Crippen LogP contribution in [0.4, 0.5) is 0 Å². The lowest BCUT2D eigenvalue weighted by Gasteiger charge is -2.12. The Labute approximate surface area is 134 Å². The first-order chi connectivity index (χ1) is 11.0. The van der Waals surface area contributed by atoms with Crippen molar-refractivity contribution in [3.8, 4) is 0 Å². The van der Waals surface area contributed by atoms with Gasteiger partial charge in [-0.2, -0.15) is 0 Å². The lowest BCUT2D eigenvalue weighted by atomic mass is 9.98. The van der Waals surface area contributed by atoms with E-state index in [1.807, 2.05) is 0 Å². The molecule has 0 amide bonds. The van der Waals surface area contributed by atoms with Gasteiger partial charge in [-0.1, -0.05) is 37.1 Å². The van der Waals surface area contributed by atoms with Gasteiger partial charge in [0.1, 0.15) is 0 Å². The summed E-state index contributed by atoms with van der Waals surface area (Å²) in [4.78, 5) is 20.7. The third kappa shape index (κ3) is 4.10. The molecule has 1 aromatic rings. The SMILES string of the molecule is CCCCCCC1(c2nn(P(=O)(OOC)OOC)c(=O)o2)CC1.